The lowest BCUT2D eigenvalue weighted by atomic mass is 9.95. The lowest BCUT2D eigenvalue weighted by molar-refractivity contribution is -0.113. The van der Waals surface area contributed by atoms with Crippen LogP contribution in [-0.2, 0) is 17.6 Å². The number of hydrogen-bond acceptors (Lipinski definition) is 5. The zero-order valence-electron chi connectivity index (χ0n) is 16.9. The Bertz CT molecular complexity index is 1160. The van der Waals surface area contributed by atoms with Crippen molar-refractivity contribution in [1.82, 2.24) is 4.98 Å². The lowest BCUT2D eigenvalue weighted by Gasteiger charge is -2.15. The molecule has 2 aromatic carbocycles. The molecule has 0 atom stereocenters. The van der Waals surface area contributed by atoms with Gasteiger partial charge in [0.25, 0.3) is 0 Å². The van der Waals surface area contributed by atoms with E-state index in [1.807, 2.05) is 24.3 Å². The minimum atomic E-state index is -0.362. The highest BCUT2D eigenvalue weighted by molar-refractivity contribution is 8.00. The summed E-state index contributed by atoms with van der Waals surface area (Å²) in [4.78, 5) is 17.1. The molecule has 0 fully saturated rings. The number of rotatable bonds is 6. The number of fused-ring (bicyclic) bond motifs is 1. The molecule has 1 heterocycles. The number of nitrogens with one attached hydrogen (secondary N) is 1. The number of halogens is 1. The molecule has 0 radical (unpaired) electrons. The van der Waals surface area contributed by atoms with E-state index in [2.05, 4.69) is 11.4 Å². The summed E-state index contributed by atoms with van der Waals surface area (Å²) < 4.78 is 18.3. The number of hydrogen-bond donors (Lipinski definition) is 1. The summed E-state index contributed by atoms with van der Waals surface area (Å²) in [6.07, 6.45) is 2.74. The number of aromatic nitrogens is 1. The number of ether oxygens (including phenoxy) is 1. The van der Waals surface area contributed by atoms with E-state index in [1.54, 1.807) is 7.11 Å². The molecule has 1 amide bonds. The molecule has 31 heavy (non-hydrogen) atoms. The van der Waals surface area contributed by atoms with Crippen LogP contribution in [0.25, 0.3) is 11.1 Å². The Hall–Kier alpha value is -3.37. The molecule has 4 rings (SSSR count). The topological polar surface area (TPSA) is 75.0 Å². The zero-order valence-corrected chi connectivity index (χ0v) is 17.8. The number of carbonyl (C=O) groups excluding carboxylic acids is 1. The Balaban J connectivity index is 1.61. The molecule has 0 bridgehead atoms. The fourth-order valence-electron chi connectivity index (χ4n) is 3.71. The third kappa shape index (κ3) is 4.54. The van der Waals surface area contributed by atoms with E-state index in [9.17, 15) is 14.4 Å². The third-order valence-electron chi connectivity index (χ3n) is 5.15. The van der Waals surface area contributed by atoms with Gasteiger partial charge in [-0.05, 0) is 66.8 Å². The largest absolute Gasteiger partial charge is 0.497 e. The maximum Gasteiger partial charge on any atom is 0.234 e. The standard InChI is InChI=1S/C24H20FN3O2S/c1-30-18-11-5-15(6-12-18)23-19-3-2-4-21(19)28-24(20(23)13-26)31-14-22(29)27-17-9-7-16(25)8-10-17/h5-12H,2-4,14H2,1H3,(H,27,29). The van der Waals surface area contributed by atoms with Crippen molar-refractivity contribution >= 4 is 23.4 Å². The van der Waals surface area contributed by atoms with Gasteiger partial charge in [-0.1, -0.05) is 23.9 Å². The van der Waals surface area contributed by atoms with Crippen molar-refractivity contribution in [3.8, 4) is 22.9 Å². The average molecular weight is 434 g/mol. The van der Waals surface area contributed by atoms with E-state index < -0.39 is 0 Å². The van der Waals surface area contributed by atoms with E-state index in [0.29, 0.717) is 16.3 Å². The van der Waals surface area contributed by atoms with Crippen molar-refractivity contribution in [3.05, 3.63) is 71.2 Å². The number of amides is 1. The number of benzene rings is 2. The Labute approximate surface area is 184 Å². The fraction of sp³-hybridized carbons (Fsp3) is 0.208. The molecular weight excluding hydrogens is 413 g/mol. The van der Waals surface area contributed by atoms with Crippen LogP contribution in [0.15, 0.2) is 53.6 Å². The van der Waals surface area contributed by atoms with E-state index >= 15 is 0 Å². The van der Waals surface area contributed by atoms with Crippen LogP contribution in [0.5, 0.6) is 5.75 Å². The first-order valence-electron chi connectivity index (χ1n) is 9.87. The maximum atomic E-state index is 13.0. The summed E-state index contributed by atoms with van der Waals surface area (Å²) in [5.74, 6) is 0.244. The summed E-state index contributed by atoms with van der Waals surface area (Å²) in [7, 11) is 1.62. The summed E-state index contributed by atoms with van der Waals surface area (Å²) in [6.45, 7) is 0. The fourth-order valence-corrected chi connectivity index (χ4v) is 4.51. The Morgan fingerprint density at radius 3 is 2.61 bits per heavy atom. The van der Waals surface area contributed by atoms with E-state index in [0.717, 1.165) is 47.4 Å². The second-order valence-corrected chi connectivity index (χ2v) is 8.09. The van der Waals surface area contributed by atoms with Gasteiger partial charge in [-0.15, -0.1) is 0 Å². The van der Waals surface area contributed by atoms with Crippen molar-refractivity contribution in [2.45, 2.75) is 24.3 Å². The van der Waals surface area contributed by atoms with Gasteiger partial charge in [0.05, 0.1) is 18.4 Å². The SMILES string of the molecule is COc1ccc(-c2c(C#N)c(SCC(=O)Nc3ccc(F)cc3)nc3c2CCC3)cc1. The second-order valence-electron chi connectivity index (χ2n) is 7.13. The first-order valence-corrected chi connectivity index (χ1v) is 10.9. The summed E-state index contributed by atoms with van der Waals surface area (Å²) >= 11 is 1.24. The van der Waals surface area contributed by atoms with Gasteiger partial charge < -0.3 is 10.1 Å². The van der Waals surface area contributed by atoms with Gasteiger partial charge in [0.2, 0.25) is 5.91 Å². The van der Waals surface area contributed by atoms with Gasteiger partial charge in [-0.2, -0.15) is 5.26 Å². The van der Waals surface area contributed by atoms with Crippen molar-refractivity contribution in [2.75, 3.05) is 18.2 Å². The molecule has 5 nitrogen and oxygen atoms in total. The molecular formula is C24H20FN3O2S. The zero-order chi connectivity index (χ0) is 21.8. The number of pyridine rings is 1. The molecule has 3 aromatic rings. The van der Waals surface area contributed by atoms with Crippen LogP contribution >= 0.6 is 11.8 Å². The number of aryl methyl sites for hydroxylation is 1. The van der Waals surface area contributed by atoms with E-state index in [1.165, 1.54) is 36.0 Å². The number of thioether (sulfide) groups is 1. The lowest BCUT2D eigenvalue weighted by Crippen LogP contribution is -2.14. The van der Waals surface area contributed by atoms with Gasteiger partial charge in [0.1, 0.15) is 22.7 Å². The normalized spacial score (nSPS) is 12.2. The van der Waals surface area contributed by atoms with E-state index in [-0.39, 0.29) is 17.5 Å². The minimum absolute atomic E-state index is 0.0971. The summed E-state index contributed by atoms with van der Waals surface area (Å²) in [6, 6.07) is 15.6. The van der Waals surface area contributed by atoms with E-state index in [4.69, 9.17) is 9.72 Å². The number of carbonyl (C=O) groups is 1. The predicted octanol–water partition coefficient (Wildman–Crippen LogP) is 4.99. The predicted molar refractivity (Wildman–Crippen MR) is 119 cm³/mol. The molecule has 1 aromatic heterocycles. The number of nitriles is 1. The van der Waals surface area contributed by atoms with Crippen LogP contribution in [0, 0.1) is 17.1 Å². The summed E-state index contributed by atoms with van der Waals surface area (Å²) in [5.41, 5.74) is 4.96. The molecule has 1 aliphatic carbocycles. The molecule has 0 saturated carbocycles. The average Bonchev–Trinajstić information content (AvgIpc) is 3.26. The molecule has 0 aliphatic heterocycles. The van der Waals surface area contributed by atoms with Gasteiger partial charge in [0.15, 0.2) is 0 Å². The molecule has 156 valence electrons. The van der Waals surface area contributed by atoms with Crippen molar-refractivity contribution < 1.29 is 13.9 Å². The third-order valence-corrected chi connectivity index (χ3v) is 6.12. The highest BCUT2D eigenvalue weighted by atomic mass is 32.2. The Morgan fingerprint density at radius 1 is 1.19 bits per heavy atom. The first-order chi connectivity index (χ1) is 15.1. The number of nitrogens with zero attached hydrogens (tertiary/aromatic N) is 2. The van der Waals surface area contributed by atoms with Crippen LogP contribution in [-0.4, -0.2) is 23.8 Å². The van der Waals surface area contributed by atoms with Crippen molar-refractivity contribution in [1.29, 1.82) is 5.26 Å². The summed E-state index contributed by atoms with van der Waals surface area (Å²) in [5, 5.41) is 13.3. The van der Waals surface area contributed by atoms with Crippen LogP contribution in [0.2, 0.25) is 0 Å². The Morgan fingerprint density at radius 2 is 1.94 bits per heavy atom. The molecule has 1 aliphatic rings. The molecule has 1 N–H and O–H groups in total. The minimum Gasteiger partial charge on any atom is -0.497 e. The van der Waals surface area contributed by atoms with Gasteiger partial charge in [-0.3, -0.25) is 4.79 Å². The van der Waals surface area contributed by atoms with Crippen molar-refractivity contribution in [3.63, 3.8) is 0 Å². The highest BCUT2D eigenvalue weighted by Gasteiger charge is 2.24. The van der Waals surface area contributed by atoms with Gasteiger partial charge in [0, 0.05) is 16.9 Å². The number of anilines is 1. The molecule has 0 saturated heterocycles. The highest BCUT2D eigenvalue weighted by Crippen LogP contribution is 2.39. The van der Waals surface area contributed by atoms with Crippen LogP contribution in [0.3, 0.4) is 0 Å². The maximum absolute atomic E-state index is 13.0. The van der Waals surface area contributed by atoms with Crippen molar-refractivity contribution in [2.24, 2.45) is 0 Å². The smallest absolute Gasteiger partial charge is 0.234 e. The van der Waals surface area contributed by atoms with Crippen LogP contribution in [0.1, 0.15) is 23.2 Å². The molecule has 7 heteroatoms. The molecule has 0 spiro atoms. The first kappa shape index (κ1) is 20.9. The number of methoxy groups -OCH3 is 1. The van der Waals surface area contributed by atoms with Crippen LogP contribution in [0.4, 0.5) is 10.1 Å². The van der Waals surface area contributed by atoms with Crippen LogP contribution < -0.4 is 10.1 Å². The molecule has 0 unspecified atom stereocenters. The second kappa shape index (κ2) is 9.19. The monoisotopic (exact) mass is 433 g/mol. The van der Waals surface area contributed by atoms with Gasteiger partial charge in [-0.25, -0.2) is 9.37 Å². The quantitative estimate of drug-likeness (QED) is 0.555. The Kier molecular flexibility index (Phi) is 6.19. The van der Waals surface area contributed by atoms with Gasteiger partial charge >= 0.3 is 0 Å².